The van der Waals surface area contributed by atoms with Crippen LogP contribution in [-0.4, -0.2) is 26.1 Å². The molecular formula is C15H28IN3S. The molecule has 0 aliphatic rings. The molecule has 0 aromatic carbocycles. The van der Waals surface area contributed by atoms with E-state index in [-0.39, 0.29) is 24.0 Å². The highest BCUT2D eigenvalue weighted by Gasteiger charge is 2.06. The summed E-state index contributed by atoms with van der Waals surface area (Å²) in [5, 5.41) is 11.1. The third-order valence-electron chi connectivity index (χ3n) is 3.16. The maximum atomic E-state index is 4.26. The van der Waals surface area contributed by atoms with Crippen LogP contribution in [0.4, 0.5) is 0 Å². The van der Waals surface area contributed by atoms with E-state index in [4.69, 9.17) is 0 Å². The molecule has 0 fully saturated rings. The number of aliphatic imine (C=N–C) groups is 1. The summed E-state index contributed by atoms with van der Waals surface area (Å²) in [6, 6.07) is 2.19. The summed E-state index contributed by atoms with van der Waals surface area (Å²) in [6.45, 7) is 8.66. The predicted molar refractivity (Wildman–Crippen MR) is 102 cm³/mol. The Morgan fingerprint density at radius 2 is 2.05 bits per heavy atom. The first-order valence-corrected chi connectivity index (χ1v) is 8.04. The van der Waals surface area contributed by atoms with Crippen molar-refractivity contribution in [3.63, 3.8) is 0 Å². The van der Waals surface area contributed by atoms with E-state index in [1.165, 1.54) is 18.4 Å². The molecule has 3 nitrogen and oxygen atoms in total. The van der Waals surface area contributed by atoms with E-state index in [9.17, 15) is 0 Å². The van der Waals surface area contributed by atoms with Gasteiger partial charge < -0.3 is 10.6 Å². The topological polar surface area (TPSA) is 36.4 Å². The summed E-state index contributed by atoms with van der Waals surface area (Å²) < 4.78 is 0. The fourth-order valence-electron chi connectivity index (χ4n) is 1.86. The van der Waals surface area contributed by atoms with Gasteiger partial charge in [0.1, 0.15) is 0 Å². The van der Waals surface area contributed by atoms with Crippen molar-refractivity contribution in [3.05, 3.63) is 22.4 Å². The number of halogens is 1. The molecule has 0 aliphatic carbocycles. The van der Waals surface area contributed by atoms with Crippen LogP contribution in [0.25, 0.3) is 0 Å². The first-order valence-electron chi connectivity index (χ1n) is 7.10. The lowest BCUT2D eigenvalue weighted by molar-refractivity contribution is 0.548. The molecule has 5 heteroatoms. The van der Waals surface area contributed by atoms with Gasteiger partial charge in [-0.15, -0.1) is 24.0 Å². The number of guanidine groups is 1. The smallest absolute Gasteiger partial charge is 0.190 e. The molecule has 0 saturated carbocycles. The fraction of sp³-hybridized carbons (Fsp3) is 0.667. The molecular weight excluding hydrogens is 381 g/mol. The SMILES string of the molecule is CN=C(NCCCC(C)C)NCC(C)c1ccsc1.I. The third kappa shape index (κ3) is 8.09. The molecule has 1 rings (SSSR count). The second-order valence-electron chi connectivity index (χ2n) is 5.37. The zero-order chi connectivity index (χ0) is 14.1. The monoisotopic (exact) mass is 409 g/mol. The highest BCUT2D eigenvalue weighted by atomic mass is 127. The van der Waals surface area contributed by atoms with Crippen LogP contribution in [0.3, 0.4) is 0 Å². The first kappa shape index (κ1) is 19.7. The van der Waals surface area contributed by atoms with Crippen LogP contribution in [0, 0.1) is 5.92 Å². The summed E-state index contributed by atoms with van der Waals surface area (Å²) in [5.74, 6) is 2.20. The van der Waals surface area contributed by atoms with Crippen molar-refractivity contribution < 1.29 is 0 Å². The van der Waals surface area contributed by atoms with Gasteiger partial charge in [-0.05, 0) is 47.1 Å². The van der Waals surface area contributed by atoms with Crippen molar-refractivity contribution in [3.8, 4) is 0 Å². The lowest BCUT2D eigenvalue weighted by Crippen LogP contribution is -2.39. The van der Waals surface area contributed by atoms with Crippen molar-refractivity contribution in [1.82, 2.24) is 10.6 Å². The molecule has 0 saturated heterocycles. The Labute approximate surface area is 144 Å². The van der Waals surface area contributed by atoms with E-state index in [2.05, 4.69) is 53.2 Å². The van der Waals surface area contributed by atoms with E-state index >= 15 is 0 Å². The Balaban J connectivity index is 0.00000361. The van der Waals surface area contributed by atoms with Gasteiger partial charge in [0, 0.05) is 20.1 Å². The predicted octanol–water partition coefficient (Wildman–Crippen LogP) is 4.07. The Morgan fingerprint density at radius 3 is 2.60 bits per heavy atom. The minimum atomic E-state index is 0. The molecule has 0 aliphatic heterocycles. The van der Waals surface area contributed by atoms with Gasteiger partial charge in [0.05, 0.1) is 0 Å². The summed E-state index contributed by atoms with van der Waals surface area (Å²) >= 11 is 1.75. The second-order valence-corrected chi connectivity index (χ2v) is 6.15. The second kappa shape index (κ2) is 11.4. The lowest BCUT2D eigenvalue weighted by Gasteiger charge is -2.15. The van der Waals surface area contributed by atoms with E-state index in [1.807, 2.05) is 7.05 Å². The molecule has 1 atom stereocenters. The Hall–Kier alpha value is -0.300. The first-order chi connectivity index (χ1) is 9.13. The number of hydrogen-bond acceptors (Lipinski definition) is 2. The Morgan fingerprint density at radius 1 is 1.30 bits per heavy atom. The molecule has 1 heterocycles. The highest BCUT2D eigenvalue weighted by molar-refractivity contribution is 14.0. The van der Waals surface area contributed by atoms with Gasteiger partial charge in [0.15, 0.2) is 5.96 Å². The molecule has 1 aromatic heterocycles. The third-order valence-corrected chi connectivity index (χ3v) is 3.86. The Kier molecular flexibility index (Phi) is 11.2. The van der Waals surface area contributed by atoms with Gasteiger partial charge in [-0.25, -0.2) is 0 Å². The Bertz CT molecular complexity index is 363. The fourth-order valence-corrected chi connectivity index (χ4v) is 2.64. The lowest BCUT2D eigenvalue weighted by atomic mass is 10.1. The van der Waals surface area contributed by atoms with Gasteiger partial charge in [-0.2, -0.15) is 11.3 Å². The molecule has 20 heavy (non-hydrogen) atoms. The van der Waals surface area contributed by atoms with Gasteiger partial charge in [-0.3, -0.25) is 4.99 Å². The van der Waals surface area contributed by atoms with E-state index in [0.29, 0.717) is 5.92 Å². The van der Waals surface area contributed by atoms with Crippen molar-refractivity contribution in [2.24, 2.45) is 10.9 Å². The molecule has 1 aromatic rings. The van der Waals surface area contributed by atoms with E-state index in [1.54, 1.807) is 11.3 Å². The summed E-state index contributed by atoms with van der Waals surface area (Å²) in [6.07, 6.45) is 2.45. The average Bonchev–Trinajstić information content (AvgIpc) is 2.91. The molecule has 2 N–H and O–H groups in total. The normalized spacial score (nSPS) is 12.9. The van der Waals surface area contributed by atoms with Crippen molar-refractivity contribution in [2.45, 2.75) is 39.5 Å². The largest absolute Gasteiger partial charge is 0.356 e. The minimum Gasteiger partial charge on any atom is -0.356 e. The minimum absolute atomic E-state index is 0. The van der Waals surface area contributed by atoms with Crippen LogP contribution in [0.5, 0.6) is 0 Å². The molecule has 0 spiro atoms. The quantitative estimate of drug-likeness (QED) is 0.308. The van der Waals surface area contributed by atoms with Gasteiger partial charge in [-0.1, -0.05) is 20.8 Å². The van der Waals surface area contributed by atoms with Crippen LogP contribution >= 0.6 is 35.3 Å². The maximum Gasteiger partial charge on any atom is 0.190 e. The summed E-state index contributed by atoms with van der Waals surface area (Å²) in [5.41, 5.74) is 1.40. The van der Waals surface area contributed by atoms with Gasteiger partial charge in [0.25, 0.3) is 0 Å². The molecule has 0 bridgehead atoms. The van der Waals surface area contributed by atoms with E-state index in [0.717, 1.165) is 25.0 Å². The van der Waals surface area contributed by atoms with Crippen molar-refractivity contribution >= 4 is 41.3 Å². The summed E-state index contributed by atoms with van der Waals surface area (Å²) in [7, 11) is 1.83. The standard InChI is InChI=1S/C15H27N3S.HI/c1-12(2)6-5-8-17-15(16-4)18-10-13(3)14-7-9-19-11-14;/h7,9,11-13H,5-6,8,10H2,1-4H3,(H2,16,17,18);1H. The van der Waals surface area contributed by atoms with Crippen LogP contribution in [0.15, 0.2) is 21.8 Å². The van der Waals surface area contributed by atoms with E-state index < -0.39 is 0 Å². The van der Waals surface area contributed by atoms with Crippen LogP contribution in [-0.2, 0) is 0 Å². The van der Waals surface area contributed by atoms with Crippen LogP contribution < -0.4 is 10.6 Å². The molecule has 0 radical (unpaired) electrons. The van der Waals surface area contributed by atoms with Crippen LogP contribution in [0.2, 0.25) is 0 Å². The summed E-state index contributed by atoms with van der Waals surface area (Å²) in [4.78, 5) is 4.26. The zero-order valence-corrected chi connectivity index (χ0v) is 16.1. The zero-order valence-electron chi connectivity index (χ0n) is 13.0. The number of thiophene rings is 1. The van der Waals surface area contributed by atoms with Crippen LogP contribution in [0.1, 0.15) is 45.1 Å². The average molecular weight is 409 g/mol. The molecule has 116 valence electrons. The number of rotatable bonds is 7. The number of nitrogens with one attached hydrogen (secondary N) is 2. The highest BCUT2D eigenvalue weighted by Crippen LogP contribution is 2.16. The van der Waals surface area contributed by atoms with Gasteiger partial charge >= 0.3 is 0 Å². The number of hydrogen-bond donors (Lipinski definition) is 2. The van der Waals surface area contributed by atoms with Crippen molar-refractivity contribution in [1.29, 1.82) is 0 Å². The molecule has 1 unspecified atom stereocenters. The van der Waals surface area contributed by atoms with Gasteiger partial charge in [0.2, 0.25) is 0 Å². The van der Waals surface area contributed by atoms with Crippen molar-refractivity contribution in [2.75, 3.05) is 20.1 Å². The molecule has 0 amide bonds. The number of nitrogens with zero attached hydrogens (tertiary/aromatic N) is 1. The maximum absolute atomic E-state index is 4.26.